The topological polar surface area (TPSA) is 128 Å². The number of benzene rings is 1. The third kappa shape index (κ3) is 5.06. The van der Waals surface area contributed by atoms with Gasteiger partial charge in [0.15, 0.2) is 12.4 Å². The second-order valence-electron chi connectivity index (χ2n) is 5.99. The fourth-order valence-corrected chi connectivity index (χ4v) is 3.97. The van der Waals surface area contributed by atoms with E-state index in [0.717, 1.165) is 18.9 Å². The molecule has 2 N–H and O–H groups in total. The van der Waals surface area contributed by atoms with Gasteiger partial charge < -0.3 is 14.6 Å². The van der Waals surface area contributed by atoms with Gasteiger partial charge in [-0.15, -0.1) is 0 Å². The number of aromatic nitrogens is 1. The molecule has 27 heavy (non-hydrogen) atoms. The van der Waals surface area contributed by atoms with E-state index in [1.807, 2.05) is 0 Å². The summed E-state index contributed by atoms with van der Waals surface area (Å²) in [6.07, 6.45) is 1.53. The van der Waals surface area contributed by atoms with E-state index in [-0.39, 0.29) is 27.3 Å². The van der Waals surface area contributed by atoms with Crippen molar-refractivity contribution < 1.29 is 27.3 Å². The molecule has 0 saturated heterocycles. The summed E-state index contributed by atoms with van der Waals surface area (Å²) in [6.45, 7) is 1.09. The minimum atomic E-state index is -3.84. The van der Waals surface area contributed by atoms with E-state index in [1.165, 1.54) is 18.2 Å². The Hall–Kier alpha value is -2.43. The number of hydrogen-bond donors (Lipinski definition) is 2. The van der Waals surface area contributed by atoms with Gasteiger partial charge in [-0.3, -0.25) is 4.79 Å². The zero-order chi connectivity index (χ0) is 19.6. The predicted molar refractivity (Wildman–Crippen MR) is 94.9 cm³/mol. The van der Waals surface area contributed by atoms with Crippen molar-refractivity contribution in [2.24, 2.45) is 0 Å². The fraction of sp³-hybridized carbons (Fsp3) is 0.312. The Morgan fingerprint density at radius 2 is 2.07 bits per heavy atom. The second-order valence-corrected chi connectivity index (χ2v) is 8.08. The normalized spacial score (nSPS) is 14.0. The molecule has 144 valence electrons. The summed E-state index contributed by atoms with van der Waals surface area (Å²) in [5, 5.41) is 5.96. The monoisotopic (exact) mass is 413 g/mol. The lowest BCUT2D eigenvalue weighted by Gasteiger charge is -2.10. The highest BCUT2D eigenvalue weighted by atomic mass is 35.5. The smallest absolute Gasteiger partial charge is 0.338 e. The van der Waals surface area contributed by atoms with Gasteiger partial charge in [0, 0.05) is 12.1 Å². The van der Waals surface area contributed by atoms with E-state index in [0.29, 0.717) is 5.76 Å². The minimum Gasteiger partial charge on any atom is -0.452 e. The maximum absolute atomic E-state index is 12.3. The summed E-state index contributed by atoms with van der Waals surface area (Å²) < 4.78 is 36.8. The lowest BCUT2D eigenvalue weighted by atomic mass is 10.2. The van der Waals surface area contributed by atoms with Crippen molar-refractivity contribution >= 4 is 39.3 Å². The van der Waals surface area contributed by atoms with Gasteiger partial charge in [0.25, 0.3) is 5.91 Å². The molecule has 0 bridgehead atoms. The van der Waals surface area contributed by atoms with Gasteiger partial charge in [-0.1, -0.05) is 16.8 Å². The average molecular weight is 414 g/mol. The zero-order valence-electron chi connectivity index (χ0n) is 14.2. The Morgan fingerprint density at radius 3 is 2.70 bits per heavy atom. The number of nitrogens with one attached hydrogen (secondary N) is 2. The van der Waals surface area contributed by atoms with Crippen molar-refractivity contribution in [1.29, 1.82) is 0 Å². The lowest BCUT2D eigenvalue weighted by molar-refractivity contribution is -0.119. The van der Waals surface area contributed by atoms with Crippen LogP contribution in [0.1, 0.15) is 29.0 Å². The molecular weight excluding hydrogens is 398 g/mol. The van der Waals surface area contributed by atoms with E-state index >= 15 is 0 Å². The van der Waals surface area contributed by atoms with Crippen LogP contribution in [0.5, 0.6) is 0 Å². The van der Waals surface area contributed by atoms with Crippen molar-refractivity contribution in [3.63, 3.8) is 0 Å². The van der Waals surface area contributed by atoms with Crippen LogP contribution in [0.4, 0.5) is 5.82 Å². The first-order valence-corrected chi connectivity index (χ1v) is 9.83. The van der Waals surface area contributed by atoms with Crippen LogP contribution in [0.25, 0.3) is 0 Å². The highest BCUT2D eigenvalue weighted by Crippen LogP contribution is 2.27. The molecule has 0 aliphatic heterocycles. The molecule has 0 radical (unpaired) electrons. The Bertz CT molecular complexity index is 984. The first-order valence-electron chi connectivity index (χ1n) is 7.97. The lowest BCUT2D eigenvalue weighted by Crippen LogP contribution is -2.26. The third-order valence-corrected chi connectivity index (χ3v) is 5.59. The number of nitrogens with zero attached hydrogens (tertiary/aromatic N) is 1. The van der Waals surface area contributed by atoms with Gasteiger partial charge in [0.2, 0.25) is 10.0 Å². The molecule has 0 unspecified atom stereocenters. The quantitative estimate of drug-likeness (QED) is 0.663. The number of rotatable bonds is 7. The maximum atomic E-state index is 12.3. The largest absolute Gasteiger partial charge is 0.452 e. The van der Waals surface area contributed by atoms with E-state index < -0.39 is 28.5 Å². The standard InChI is InChI=1S/C16H16ClN3O6S/c1-9-6-14(19-26-9)18-15(21)8-25-16(22)10-2-5-12(17)13(7-10)27(23,24)20-11-3-4-11/h2,5-7,11,20H,3-4,8H2,1H3,(H,18,19,21). The fourth-order valence-electron chi connectivity index (χ4n) is 2.14. The van der Waals surface area contributed by atoms with Gasteiger partial charge in [0.05, 0.1) is 10.6 Å². The van der Waals surface area contributed by atoms with Crippen LogP contribution in [-0.2, 0) is 19.6 Å². The molecule has 1 fully saturated rings. The zero-order valence-corrected chi connectivity index (χ0v) is 15.8. The number of aryl methyl sites for hydroxylation is 1. The Morgan fingerprint density at radius 1 is 1.33 bits per heavy atom. The molecule has 9 nitrogen and oxygen atoms in total. The molecule has 3 rings (SSSR count). The van der Waals surface area contributed by atoms with Crippen LogP contribution < -0.4 is 10.0 Å². The van der Waals surface area contributed by atoms with Gasteiger partial charge >= 0.3 is 5.97 Å². The first kappa shape index (κ1) is 19.3. The molecule has 1 saturated carbocycles. The minimum absolute atomic E-state index is 0.0150. The van der Waals surface area contributed by atoms with Gasteiger partial charge in [-0.2, -0.15) is 0 Å². The van der Waals surface area contributed by atoms with Crippen LogP contribution in [0, 0.1) is 6.92 Å². The van der Waals surface area contributed by atoms with Crippen LogP contribution in [0.15, 0.2) is 33.7 Å². The van der Waals surface area contributed by atoms with E-state index in [1.54, 1.807) is 6.92 Å². The van der Waals surface area contributed by atoms with E-state index in [2.05, 4.69) is 15.2 Å². The number of carbonyl (C=O) groups excluding carboxylic acids is 2. The molecular formula is C16H16ClN3O6S. The number of hydrogen-bond acceptors (Lipinski definition) is 7. The van der Waals surface area contributed by atoms with Gasteiger partial charge in [-0.05, 0) is 38.0 Å². The van der Waals surface area contributed by atoms with Gasteiger partial charge in [-0.25, -0.2) is 17.9 Å². The molecule has 0 spiro atoms. The number of amides is 1. The summed E-state index contributed by atoms with van der Waals surface area (Å²) in [5.41, 5.74) is -0.0411. The number of anilines is 1. The predicted octanol–water partition coefficient (Wildman–Crippen LogP) is 1.87. The van der Waals surface area contributed by atoms with Crippen molar-refractivity contribution in [2.45, 2.75) is 30.7 Å². The number of halogens is 1. The number of sulfonamides is 1. The molecule has 1 aliphatic carbocycles. The Labute approximate surface area is 160 Å². The number of esters is 1. The molecule has 1 heterocycles. The molecule has 1 amide bonds. The van der Waals surface area contributed by atoms with Crippen LogP contribution in [0.2, 0.25) is 5.02 Å². The molecule has 1 aromatic carbocycles. The summed E-state index contributed by atoms with van der Waals surface area (Å²) in [7, 11) is -3.84. The number of carbonyl (C=O) groups is 2. The average Bonchev–Trinajstić information content (AvgIpc) is 3.31. The van der Waals surface area contributed by atoms with E-state index in [9.17, 15) is 18.0 Å². The number of ether oxygens (including phenoxy) is 1. The van der Waals surface area contributed by atoms with Crippen LogP contribution in [0.3, 0.4) is 0 Å². The highest BCUT2D eigenvalue weighted by molar-refractivity contribution is 7.89. The van der Waals surface area contributed by atoms with Crippen molar-refractivity contribution in [2.75, 3.05) is 11.9 Å². The summed E-state index contributed by atoms with van der Waals surface area (Å²) in [6, 6.07) is 5.12. The van der Waals surface area contributed by atoms with Crippen molar-refractivity contribution in [3.05, 3.63) is 40.6 Å². The first-order chi connectivity index (χ1) is 12.7. The maximum Gasteiger partial charge on any atom is 0.338 e. The van der Waals surface area contributed by atoms with Crippen molar-refractivity contribution in [1.82, 2.24) is 9.88 Å². The second kappa shape index (κ2) is 7.67. The Balaban J connectivity index is 1.64. The molecule has 2 aromatic rings. The molecule has 1 aromatic heterocycles. The summed E-state index contributed by atoms with van der Waals surface area (Å²) in [5.74, 6) is -0.772. The molecule has 1 aliphatic rings. The van der Waals surface area contributed by atoms with Crippen LogP contribution in [-0.4, -0.2) is 38.1 Å². The highest BCUT2D eigenvalue weighted by Gasteiger charge is 2.29. The Kier molecular flexibility index (Phi) is 5.49. The summed E-state index contributed by atoms with van der Waals surface area (Å²) in [4.78, 5) is 23.7. The molecule has 0 atom stereocenters. The van der Waals surface area contributed by atoms with Gasteiger partial charge in [0.1, 0.15) is 10.7 Å². The molecule has 11 heteroatoms. The van der Waals surface area contributed by atoms with Crippen LogP contribution >= 0.6 is 11.6 Å². The van der Waals surface area contributed by atoms with E-state index in [4.69, 9.17) is 20.9 Å². The SMILES string of the molecule is Cc1cc(NC(=O)COC(=O)c2ccc(Cl)c(S(=O)(=O)NC3CC3)c2)no1. The van der Waals surface area contributed by atoms with Crippen molar-refractivity contribution in [3.8, 4) is 0 Å². The third-order valence-electron chi connectivity index (χ3n) is 3.59. The summed E-state index contributed by atoms with van der Waals surface area (Å²) >= 11 is 5.96.